The molecule has 3 heteroatoms. The first-order valence-corrected chi connectivity index (χ1v) is 6.56. The summed E-state index contributed by atoms with van der Waals surface area (Å²) in [5, 5.41) is 3.40. The van der Waals surface area contributed by atoms with Crippen molar-refractivity contribution in [1.29, 1.82) is 0 Å². The monoisotopic (exact) mass is 249 g/mol. The molecule has 1 N–H and O–H groups in total. The van der Waals surface area contributed by atoms with E-state index in [1.165, 1.54) is 12.7 Å². The maximum atomic E-state index is 11.2. The zero-order valence-corrected chi connectivity index (χ0v) is 11.3. The van der Waals surface area contributed by atoms with Crippen LogP contribution in [-0.4, -0.2) is 19.6 Å². The fourth-order valence-electron chi connectivity index (χ4n) is 1.85. The highest BCUT2D eigenvalue weighted by Gasteiger charge is 2.11. The van der Waals surface area contributed by atoms with E-state index in [9.17, 15) is 4.79 Å². The molecule has 100 valence electrons. The first-order chi connectivity index (χ1) is 8.74. The summed E-state index contributed by atoms with van der Waals surface area (Å²) in [7, 11) is 1.44. The van der Waals surface area contributed by atoms with Crippen LogP contribution in [0.2, 0.25) is 0 Å². The second-order valence-electron chi connectivity index (χ2n) is 4.58. The Balaban J connectivity index is 2.01. The SMILES string of the molecule is COC(=O)C(C)CCCCNCc1ccccc1. The fourth-order valence-corrected chi connectivity index (χ4v) is 1.85. The second-order valence-corrected chi connectivity index (χ2v) is 4.58. The molecule has 0 saturated carbocycles. The van der Waals surface area contributed by atoms with Gasteiger partial charge in [-0.3, -0.25) is 4.79 Å². The number of hydrogen-bond acceptors (Lipinski definition) is 3. The average Bonchev–Trinajstić information content (AvgIpc) is 2.42. The third-order valence-corrected chi connectivity index (χ3v) is 3.02. The number of benzene rings is 1. The maximum absolute atomic E-state index is 11.2. The van der Waals surface area contributed by atoms with Crippen LogP contribution in [-0.2, 0) is 16.1 Å². The highest BCUT2D eigenvalue weighted by atomic mass is 16.5. The molecular weight excluding hydrogens is 226 g/mol. The summed E-state index contributed by atoms with van der Waals surface area (Å²) in [6.45, 7) is 3.82. The standard InChI is InChI=1S/C15H23NO2/c1-13(15(17)18-2)8-6-7-11-16-12-14-9-4-3-5-10-14/h3-5,9-10,13,16H,6-8,11-12H2,1-2H3. The molecule has 0 bridgehead atoms. The van der Waals surface area contributed by atoms with Crippen LogP contribution in [0.1, 0.15) is 31.7 Å². The predicted molar refractivity (Wildman–Crippen MR) is 73.2 cm³/mol. The number of carbonyl (C=O) groups excluding carboxylic acids is 1. The number of hydrogen-bond donors (Lipinski definition) is 1. The molecular formula is C15H23NO2. The second kappa shape index (κ2) is 8.70. The molecule has 3 nitrogen and oxygen atoms in total. The molecule has 0 aliphatic rings. The minimum absolute atomic E-state index is 0.0177. The van der Waals surface area contributed by atoms with E-state index >= 15 is 0 Å². The summed E-state index contributed by atoms with van der Waals surface area (Å²) < 4.78 is 4.69. The highest BCUT2D eigenvalue weighted by Crippen LogP contribution is 2.08. The number of methoxy groups -OCH3 is 1. The zero-order chi connectivity index (χ0) is 13.2. The van der Waals surface area contributed by atoms with Gasteiger partial charge in [0.1, 0.15) is 0 Å². The number of nitrogens with one attached hydrogen (secondary N) is 1. The van der Waals surface area contributed by atoms with E-state index in [1.807, 2.05) is 13.0 Å². The van der Waals surface area contributed by atoms with E-state index in [2.05, 4.69) is 29.6 Å². The average molecular weight is 249 g/mol. The third-order valence-electron chi connectivity index (χ3n) is 3.02. The molecule has 1 rings (SSSR count). The van der Waals surface area contributed by atoms with Crippen LogP contribution in [0.25, 0.3) is 0 Å². The Morgan fingerprint density at radius 1 is 1.28 bits per heavy atom. The maximum Gasteiger partial charge on any atom is 0.308 e. The lowest BCUT2D eigenvalue weighted by molar-refractivity contribution is -0.145. The fraction of sp³-hybridized carbons (Fsp3) is 0.533. The van der Waals surface area contributed by atoms with Crippen molar-refractivity contribution >= 4 is 5.97 Å². The van der Waals surface area contributed by atoms with Gasteiger partial charge < -0.3 is 10.1 Å². The molecule has 0 spiro atoms. The number of rotatable bonds is 8. The normalized spacial score (nSPS) is 12.1. The molecule has 18 heavy (non-hydrogen) atoms. The molecule has 0 saturated heterocycles. The molecule has 0 heterocycles. The Morgan fingerprint density at radius 3 is 2.67 bits per heavy atom. The largest absolute Gasteiger partial charge is 0.469 e. The van der Waals surface area contributed by atoms with E-state index < -0.39 is 0 Å². The first kappa shape index (κ1) is 14.7. The van der Waals surface area contributed by atoms with Gasteiger partial charge in [-0.2, -0.15) is 0 Å². The summed E-state index contributed by atoms with van der Waals surface area (Å²) >= 11 is 0. The molecule has 0 fully saturated rings. The summed E-state index contributed by atoms with van der Waals surface area (Å²) in [5.74, 6) is -0.0867. The topological polar surface area (TPSA) is 38.3 Å². The Bertz CT molecular complexity index is 338. The number of unbranched alkanes of at least 4 members (excludes halogenated alkanes) is 1. The van der Waals surface area contributed by atoms with Crippen molar-refractivity contribution in [3.8, 4) is 0 Å². The Hall–Kier alpha value is -1.35. The van der Waals surface area contributed by atoms with Crippen LogP contribution in [0.15, 0.2) is 30.3 Å². The van der Waals surface area contributed by atoms with Crippen LogP contribution in [0.3, 0.4) is 0 Å². The van der Waals surface area contributed by atoms with Crippen LogP contribution in [0, 0.1) is 5.92 Å². The van der Waals surface area contributed by atoms with Gasteiger partial charge in [-0.15, -0.1) is 0 Å². The highest BCUT2D eigenvalue weighted by molar-refractivity contribution is 5.71. The Labute approximate surface area is 110 Å². The van der Waals surface area contributed by atoms with E-state index in [4.69, 9.17) is 4.74 Å². The molecule has 1 atom stereocenters. The predicted octanol–water partition coefficient (Wildman–Crippen LogP) is 2.76. The van der Waals surface area contributed by atoms with Gasteiger partial charge >= 0.3 is 5.97 Å². The van der Waals surface area contributed by atoms with Crippen molar-refractivity contribution in [3.05, 3.63) is 35.9 Å². The van der Waals surface area contributed by atoms with Gasteiger partial charge in [0.25, 0.3) is 0 Å². The van der Waals surface area contributed by atoms with Crippen LogP contribution in [0.4, 0.5) is 0 Å². The van der Waals surface area contributed by atoms with Gasteiger partial charge in [-0.1, -0.05) is 43.7 Å². The van der Waals surface area contributed by atoms with Crippen LogP contribution in [0.5, 0.6) is 0 Å². The van der Waals surface area contributed by atoms with E-state index in [-0.39, 0.29) is 11.9 Å². The molecule has 0 aliphatic heterocycles. The van der Waals surface area contributed by atoms with Crippen LogP contribution >= 0.6 is 0 Å². The molecule has 0 radical (unpaired) electrons. The number of esters is 1. The summed E-state index contributed by atoms with van der Waals surface area (Å²) in [6, 6.07) is 10.4. The van der Waals surface area contributed by atoms with Crippen molar-refractivity contribution in [2.75, 3.05) is 13.7 Å². The lowest BCUT2D eigenvalue weighted by Crippen LogP contribution is -2.16. The molecule has 1 aromatic rings. The lowest BCUT2D eigenvalue weighted by Gasteiger charge is -2.09. The molecule has 0 aliphatic carbocycles. The first-order valence-electron chi connectivity index (χ1n) is 6.56. The van der Waals surface area contributed by atoms with Crippen molar-refractivity contribution in [2.45, 2.75) is 32.7 Å². The van der Waals surface area contributed by atoms with E-state index in [0.29, 0.717) is 0 Å². The van der Waals surface area contributed by atoms with E-state index in [1.54, 1.807) is 0 Å². The van der Waals surface area contributed by atoms with Gasteiger partial charge in [0.2, 0.25) is 0 Å². The lowest BCUT2D eigenvalue weighted by atomic mass is 10.0. The van der Waals surface area contributed by atoms with Crippen LogP contribution < -0.4 is 5.32 Å². The summed E-state index contributed by atoms with van der Waals surface area (Å²) in [5.41, 5.74) is 1.31. The number of ether oxygens (including phenoxy) is 1. The quantitative estimate of drug-likeness (QED) is 0.568. The Kier molecular flexibility index (Phi) is 7.11. The zero-order valence-electron chi connectivity index (χ0n) is 11.3. The summed E-state index contributed by atoms with van der Waals surface area (Å²) in [6.07, 6.45) is 3.05. The molecule has 1 unspecified atom stereocenters. The molecule has 1 aromatic carbocycles. The molecule has 0 amide bonds. The summed E-state index contributed by atoms with van der Waals surface area (Å²) in [4.78, 5) is 11.2. The van der Waals surface area contributed by atoms with Gasteiger partial charge in [0, 0.05) is 6.54 Å². The van der Waals surface area contributed by atoms with Crippen molar-refractivity contribution in [3.63, 3.8) is 0 Å². The van der Waals surface area contributed by atoms with E-state index in [0.717, 1.165) is 32.4 Å². The molecule has 0 aromatic heterocycles. The van der Waals surface area contributed by atoms with Crippen molar-refractivity contribution in [1.82, 2.24) is 5.32 Å². The third kappa shape index (κ3) is 5.82. The van der Waals surface area contributed by atoms with Gasteiger partial charge in [-0.05, 0) is 24.9 Å². The van der Waals surface area contributed by atoms with Gasteiger partial charge in [0.15, 0.2) is 0 Å². The number of carbonyl (C=O) groups is 1. The van der Waals surface area contributed by atoms with Crippen molar-refractivity contribution < 1.29 is 9.53 Å². The minimum Gasteiger partial charge on any atom is -0.469 e. The Morgan fingerprint density at radius 2 is 2.00 bits per heavy atom. The van der Waals surface area contributed by atoms with Gasteiger partial charge in [0.05, 0.1) is 13.0 Å². The van der Waals surface area contributed by atoms with Crippen molar-refractivity contribution in [2.24, 2.45) is 5.92 Å². The smallest absolute Gasteiger partial charge is 0.308 e. The van der Waals surface area contributed by atoms with Gasteiger partial charge in [-0.25, -0.2) is 0 Å². The minimum atomic E-state index is -0.104.